The van der Waals surface area contributed by atoms with E-state index in [1.165, 1.54) is 11.1 Å². The van der Waals surface area contributed by atoms with E-state index in [1.807, 2.05) is 5.38 Å². The highest BCUT2D eigenvalue weighted by molar-refractivity contribution is 7.09. The van der Waals surface area contributed by atoms with Crippen molar-refractivity contribution in [2.45, 2.75) is 19.8 Å². The van der Waals surface area contributed by atoms with Gasteiger partial charge in [0.15, 0.2) is 0 Å². The SMILES string of the molecule is Cc1ccc(Cc2nc(CC=O)cs2)cc1. The van der Waals surface area contributed by atoms with E-state index in [0.29, 0.717) is 6.42 Å². The van der Waals surface area contributed by atoms with Gasteiger partial charge in [-0.25, -0.2) is 4.98 Å². The molecule has 0 aliphatic carbocycles. The van der Waals surface area contributed by atoms with Crippen molar-refractivity contribution in [2.75, 3.05) is 0 Å². The second kappa shape index (κ2) is 5.03. The third-order valence-corrected chi connectivity index (χ3v) is 3.27. The molecule has 2 rings (SSSR count). The van der Waals surface area contributed by atoms with Crippen LogP contribution in [0.15, 0.2) is 29.6 Å². The second-order valence-electron chi connectivity index (χ2n) is 3.77. The van der Waals surface area contributed by atoms with Gasteiger partial charge in [-0.2, -0.15) is 0 Å². The Morgan fingerprint density at radius 2 is 2.06 bits per heavy atom. The third-order valence-electron chi connectivity index (χ3n) is 2.37. The van der Waals surface area contributed by atoms with Gasteiger partial charge in [0.05, 0.1) is 10.7 Å². The van der Waals surface area contributed by atoms with Gasteiger partial charge in [-0.1, -0.05) is 29.8 Å². The molecule has 3 heteroatoms. The molecule has 0 radical (unpaired) electrons. The van der Waals surface area contributed by atoms with E-state index in [4.69, 9.17) is 0 Å². The Kier molecular flexibility index (Phi) is 3.47. The van der Waals surface area contributed by atoms with E-state index in [2.05, 4.69) is 36.2 Å². The molecule has 0 N–H and O–H groups in total. The van der Waals surface area contributed by atoms with Gasteiger partial charge in [0.1, 0.15) is 6.29 Å². The molecule has 82 valence electrons. The van der Waals surface area contributed by atoms with Gasteiger partial charge in [0.2, 0.25) is 0 Å². The fourth-order valence-electron chi connectivity index (χ4n) is 1.49. The average Bonchev–Trinajstić information content (AvgIpc) is 2.70. The van der Waals surface area contributed by atoms with Crippen molar-refractivity contribution in [3.05, 3.63) is 51.5 Å². The number of hydrogen-bond acceptors (Lipinski definition) is 3. The van der Waals surface area contributed by atoms with Crippen LogP contribution in [0.25, 0.3) is 0 Å². The minimum absolute atomic E-state index is 0.421. The van der Waals surface area contributed by atoms with E-state index in [9.17, 15) is 4.79 Å². The number of rotatable bonds is 4. The molecule has 0 spiro atoms. The molecule has 0 aliphatic rings. The maximum atomic E-state index is 10.3. The van der Waals surface area contributed by atoms with Crippen LogP contribution in [0.3, 0.4) is 0 Å². The van der Waals surface area contributed by atoms with Gasteiger partial charge in [-0.05, 0) is 12.5 Å². The van der Waals surface area contributed by atoms with Crippen molar-refractivity contribution in [1.29, 1.82) is 0 Å². The fourth-order valence-corrected chi connectivity index (χ4v) is 2.33. The lowest BCUT2D eigenvalue weighted by atomic mass is 10.1. The molecular formula is C13H13NOS. The summed E-state index contributed by atoms with van der Waals surface area (Å²) < 4.78 is 0. The zero-order chi connectivity index (χ0) is 11.4. The Bertz CT molecular complexity index is 473. The topological polar surface area (TPSA) is 30.0 Å². The van der Waals surface area contributed by atoms with Crippen molar-refractivity contribution in [3.63, 3.8) is 0 Å². The Balaban J connectivity index is 2.08. The number of benzene rings is 1. The molecule has 0 unspecified atom stereocenters. The van der Waals surface area contributed by atoms with Gasteiger partial charge >= 0.3 is 0 Å². The lowest BCUT2D eigenvalue weighted by molar-refractivity contribution is -0.107. The van der Waals surface area contributed by atoms with Crippen LogP contribution >= 0.6 is 11.3 Å². The highest BCUT2D eigenvalue weighted by Crippen LogP contribution is 2.15. The number of aryl methyl sites for hydroxylation is 1. The number of hydrogen-bond donors (Lipinski definition) is 0. The van der Waals surface area contributed by atoms with Gasteiger partial charge in [-0.3, -0.25) is 0 Å². The Morgan fingerprint density at radius 3 is 2.75 bits per heavy atom. The van der Waals surface area contributed by atoms with Crippen LogP contribution in [-0.2, 0) is 17.6 Å². The summed E-state index contributed by atoms with van der Waals surface area (Å²) in [6, 6.07) is 8.46. The lowest BCUT2D eigenvalue weighted by Gasteiger charge is -1.98. The summed E-state index contributed by atoms with van der Waals surface area (Å²) >= 11 is 1.62. The first-order valence-corrected chi connectivity index (χ1v) is 6.08. The molecule has 0 saturated heterocycles. The number of aldehydes is 1. The van der Waals surface area contributed by atoms with Crippen LogP contribution in [-0.4, -0.2) is 11.3 Å². The molecule has 2 aromatic rings. The molecule has 1 heterocycles. The standard InChI is InChI=1S/C13H13NOS/c1-10-2-4-11(5-3-10)8-13-14-12(6-7-15)9-16-13/h2-5,7,9H,6,8H2,1H3. The van der Waals surface area contributed by atoms with Crippen LogP contribution in [0, 0.1) is 6.92 Å². The molecular weight excluding hydrogens is 218 g/mol. The van der Waals surface area contributed by atoms with E-state index in [0.717, 1.165) is 23.4 Å². The van der Waals surface area contributed by atoms with Gasteiger partial charge in [-0.15, -0.1) is 11.3 Å². The minimum Gasteiger partial charge on any atom is -0.303 e. The Morgan fingerprint density at radius 1 is 1.31 bits per heavy atom. The molecule has 0 bridgehead atoms. The summed E-state index contributed by atoms with van der Waals surface area (Å²) in [6.45, 7) is 2.08. The zero-order valence-corrected chi connectivity index (χ0v) is 9.96. The lowest BCUT2D eigenvalue weighted by Crippen LogP contribution is -1.90. The van der Waals surface area contributed by atoms with Crippen LogP contribution in [0.1, 0.15) is 21.8 Å². The predicted molar refractivity (Wildman–Crippen MR) is 65.9 cm³/mol. The monoisotopic (exact) mass is 231 g/mol. The largest absolute Gasteiger partial charge is 0.303 e. The van der Waals surface area contributed by atoms with E-state index >= 15 is 0 Å². The summed E-state index contributed by atoms with van der Waals surface area (Å²) in [4.78, 5) is 14.7. The van der Waals surface area contributed by atoms with E-state index < -0.39 is 0 Å². The number of carbonyl (C=O) groups is 1. The summed E-state index contributed by atoms with van der Waals surface area (Å²) in [7, 11) is 0. The highest BCUT2D eigenvalue weighted by Gasteiger charge is 2.02. The van der Waals surface area contributed by atoms with Crippen molar-refractivity contribution in [1.82, 2.24) is 4.98 Å². The molecule has 0 aliphatic heterocycles. The van der Waals surface area contributed by atoms with Crippen molar-refractivity contribution >= 4 is 17.6 Å². The molecule has 0 fully saturated rings. The second-order valence-corrected chi connectivity index (χ2v) is 4.71. The number of carbonyl (C=O) groups excluding carboxylic acids is 1. The van der Waals surface area contributed by atoms with E-state index in [-0.39, 0.29) is 0 Å². The number of aromatic nitrogens is 1. The van der Waals surface area contributed by atoms with Crippen LogP contribution < -0.4 is 0 Å². The van der Waals surface area contributed by atoms with Crippen LogP contribution in [0.5, 0.6) is 0 Å². The molecule has 0 atom stereocenters. The first-order chi connectivity index (χ1) is 7.78. The number of thiazole rings is 1. The molecule has 16 heavy (non-hydrogen) atoms. The molecule has 1 aromatic heterocycles. The maximum absolute atomic E-state index is 10.3. The van der Waals surface area contributed by atoms with Crippen molar-refractivity contribution in [3.8, 4) is 0 Å². The minimum atomic E-state index is 0.421. The highest BCUT2D eigenvalue weighted by atomic mass is 32.1. The van der Waals surface area contributed by atoms with Gasteiger partial charge in [0, 0.05) is 18.2 Å². The normalized spacial score (nSPS) is 10.3. The predicted octanol–water partition coefficient (Wildman–Crippen LogP) is 2.78. The third kappa shape index (κ3) is 2.76. The van der Waals surface area contributed by atoms with Gasteiger partial charge < -0.3 is 4.79 Å². The number of nitrogens with zero attached hydrogens (tertiary/aromatic N) is 1. The summed E-state index contributed by atoms with van der Waals surface area (Å²) in [5.74, 6) is 0. The van der Waals surface area contributed by atoms with Gasteiger partial charge in [0.25, 0.3) is 0 Å². The average molecular weight is 231 g/mol. The van der Waals surface area contributed by atoms with Crippen molar-refractivity contribution in [2.24, 2.45) is 0 Å². The summed E-state index contributed by atoms with van der Waals surface area (Å²) in [6.07, 6.45) is 2.17. The zero-order valence-electron chi connectivity index (χ0n) is 9.14. The maximum Gasteiger partial charge on any atom is 0.125 e. The Hall–Kier alpha value is -1.48. The molecule has 1 aromatic carbocycles. The van der Waals surface area contributed by atoms with Crippen molar-refractivity contribution < 1.29 is 4.79 Å². The first kappa shape index (κ1) is 11.0. The van der Waals surface area contributed by atoms with E-state index in [1.54, 1.807) is 11.3 Å². The first-order valence-electron chi connectivity index (χ1n) is 5.20. The van der Waals surface area contributed by atoms with Crippen LogP contribution in [0.4, 0.5) is 0 Å². The quantitative estimate of drug-likeness (QED) is 0.757. The molecule has 2 nitrogen and oxygen atoms in total. The van der Waals surface area contributed by atoms with Crippen LogP contribution in [0.2, 0.25) is 0 Å². The summed E-state index contributed by atoms with van der Waals surface area (Å²) in [5, 5.41) is 3.03. The fraction of sp³-hybridized carbons (Fsp3) is 0.231. The smallest absolute Gasteiger partial charge is 0.125 e. The summed E-state index contributed by atoms with van der Waals surface area (Å²) in [5.41, 5.74) is 3.41. The molecule has 0 amide bonds. The Labute approximate surface area is 99.0 Å². The molecule has 0 saturated carbocycles.